The fourth-order valence-electron chi connectivity index (χ4n) is 4.03. The summed E-state index contributed by atoms with van der Waals surface area (Å²) in [4.78, 5) is 9.88. The predicted molar refractivity (Wildman–Crippen MR) is 129 cm³/mol. The van der Waals surface area contributed by atoms with Crippen LogP contribution in [0.15, 0.2) is 29.3 Å². The number of nitrogens with zero attached hydrogens (tertiary/aromatic N) is 3. The summed E-state index contributed by atoms with van der Waals surface area (Å²) in [5.41, 5.74) is 2.68. The second-order valence-corrected chi connectivity index (χ2v) is 7.85. The Bertz CT molecular complexity index is 575. The molecule has 1 heterocycles. The van der Waals surface area contributed by atoms with Crippen molar-refractivity contribution in [3.63, 3.8) is 0 Å². The zero-order chi connectivity index (χ0) is 18.9. The summed E-state index contributed by atoms with van der Waals surface area (Å²) in [6, 6.07) is 9.61. The van der Waals surface area contributed by atoms with Crippen molar-refractivity contribution in [3.8, 4) is 0 Å². The van der Waals surface area contributed by atoms with Crippen LogP contribution in [0.25, 0.3) is 0 Å². The Balaban J connectivity index is 0.00000280. The molecule has 1 aliphatic carbocycles. The van der Waals surface area contributed by atoms with Crippen molar-refractivity contribution in [2.45, 2.75) is 58.7 Å². The predicted octanol–water partition coefficient (Wildman–Crippen LogP) is 3.44. The molecule has 1 aromatic carbocycles. The Morgan fingerprint density at radius 2 is 1.57 bits per heavy atom. The zero-order valence-electron chi connectivity index (χ0n) is 17.6. The Labute approximate surface area is 188 Å². The van der Waals surface area contributed by atoms with Gasteiger partial charge in [0.25, 0.3) is 0 Å². The number of aliphatic imine (C=N–C) groups is 1. The fourth-order valence-corrected chi connectivity index (χ4v) is 4.03. The first-order valence-corrected chi connectivity index (χ1v) is 10.8. The van der Waals surface area contributed by atoms with Gasteiger partial charge in [-0.2, -0.15) is 0 Å². The van der Waals surface area contributed by atoms with Gasteiger partial charge in [0.15, 0.2) is 5.96 Å². The van der Waals surface area contributed by atoms with Crippen molar-refractivity contribution in [1.82, 2.24) is 20.4 Å². The second-order valence-electron chi connectivity index (χ2n) is 7.85. The second kappa shape index (κ2) is 12.6. The lowest BCUT2D eigenvalue weighted by atomic mass is 10.1. The normalized spacial score (nSPS) is 19.4. The average molecular weight is 499 g/mol. The number of hydrogen-bond donors (Lipinski definition) is 2. The maximum atomic E-state index is 4.79. The number of benzene rings is 1. The summed E-state index contributed by atoms with van der Waals surface area (Å²) in [6.07, 6.45) is 5.22. The molecular weight excluding hydrogens is 461 g/mol. The van der Waals surface area contributed by atoms with Crippen molar-refractivity contribution in [2.75, 3.05) is 39.3 Å². The van der Waals surface area contributed by atoms with Gasteiger partial charge < -0.3 is 15.5 Å². The number of rotatable bonds is 7. The van der Waals surface area contributed by atoms with Crippen LogP contribution < -0.4 is 10.6 Å². The average Bonchev–Trinajstić information content (AvgIpc) is 3.21. The molecular formula is C22H38IN5. The van der Waals surface area contributed by atoms with E-state index in [0.717, 1.165) is 25.6 Å². The van der Waals surface area contributed by atoms with Crippen molar-refractivity contribution >= 4 is 29.9 Å². The zero-order valence-corrected chi connectivity index (χ0v) is 20.0. The summed E-state index contributed by atoms with van der Waals surface area (Å²) in [5, 5.41) is 6.97. The van der Waals surface area contributed by atoms with Crippen LogP contribution in [0.5, 0.6) is 0 Å². The molecule has 1 aromatic rings. The van der Waals surface area contributed by atoms with Crippen molar-refractivity contribution in [3.05, 3.63) is 35.4 Å². The summed E-state index contributed by atoms with van der Waals surface area (Å²) in [6.45, 7) is 13.0. The molecule has 5 nitrogen and oxygen atoms in total. The Morgan fingerprint density at radius 3 is 2.18 bits per heavy atom. The van der Waals surface area contributed by atoms with Gasteiger partial charge >= 0.3 is 0 Å². The maximum absolute atomic E-state index is 4.79. The van der Waals surface area contributed by atoms with Gasteiger partial charge in [-0.05, 0) is 37.4 Å². The molecule has 0 amide bonds. The minimum Gasteiger partial charge on any atom is -0.357 e. The van der Waals surface area contributed by atoms with Gasteiger partial charge in [-0.3, -0.25) is 4.90 Å². The van der Waals surface area contributed by atoms with Gasteiger partial charge in [0, 0.05) is 45.3 Å². The van der Waals surface area contributed by atoms with Gasteiger partial charge in [0.1, 0.15) is 0 Å². The lowest BCUT2D eigenvalue weighted by molar-refractivity contribution is 0.132. The number of likely N-dealkylation sites (N-methyl/N-ethyl adjacent to an activating group) is 1. The first-order valence-electron chi connectivity index (χ1n) is 10.8. The van der Waals surface area contributed by atoms with E-state index in [1.807, 2.05) is 0 Å². The van der Waals surface area contributed by atoms with Crippen LogP contribution >= 0.6 is 24.0 Å². The van der Waals surface area contributed by atoms with Gasteiger partial charge in [0.2, 0.25) is 0 Å². The molecule has 0 atom stereocenters. The molecule has 0 spiro atoms. The molecule has 158 valence electrons. The summed E-state index contributed by atoms with van der Waals surface area (Å²) >= 11 is 0. The van der Waals surface area contributed by atoms with Crippen LogP contribution in [-0.2, 0) is 13.1 Å². The topological polar surface area (TPSA) is 42.9 Å². The standard InChI is InChI=1S/C22H37N5.HI/c1-3-23-22(25-21-7-5-6-8-21)24-17-19-9-11-20(12-10-19)18-27-15-13-26(4-2)14-16-27;/h9-12,21H,3-8,13-18H2,1-2H3,(H2,23,24,25);1H. The Morgan fingerprint density at radius 1 is 0.964 bits per heavy atom. The van der Waals surface area contributed by atoms with Crippen molar-refractivity contribution < 1.29 is 0 Å². The van der Waals surface area contributed by atoms with E-state index in [0.29, 0.717) is 6.04 Å². The molecule has 1 aliphatic heterocycles. The Kier molecular flexibility index (Phi) is 10.6. The maximum Gasteiger partial charge on any atom is 0.191 e. The number of hydrogen-bond acceptors (Lipinski definition) is 3. The van der Waals surface area contributed by atoms with E-state index in [9.17, 15) is 0 Å². The number of guanidine groups is 1. The largest absolute Gasteiger partial charge is 0.357 e. The van der Waals surface area contributed by atoms with Crippen molar-refractivity contribution in [1.29, 1.82) is 0 Å². The molecule has 2 N–H and O–H groups in total. The molecule has 28 heavy (non-hydrogen) atoms. The SMILES string of the molecule is CCNC(=NCc1ccc(CN2CCN(CC)CC2)cc1)NC1CCCC1.I. The van der Waals surface area contributed by atoms with Crippen LogP contribution in [0.4, 0.5) is 0 Å². The lowest BCUT2D eigenvalue weighted by Gasteiger charge is -2.34. The summed E-state index contributed by atoms with van der Waals surface area (Å²) in [5.74, 6) is 0.960. The highest BCUT2D eigenvalue weighted by molar-refractivity contribution is 14.0. The molecule has 0 unspecified atom stereocenters. The summed E-state index contributed by atoms with van der Waals surface area (Å²) < 4.78 is 0. The van der Waals surface area contributed by atoms with E-state index in [1.54, 1.807) is 0 Å². The smallest absolute Gasteiger partial charge is 0.191 e. The van der Waals surface area contributed by atoms with Crippen molar-refractivity contribution in [2.24, 2.45) is 4.99 Å². The monoisotopic (exact) mass is 499 g/mol. The Hall–Kier alpha value is -0.860. The molecule has 1 saturated heterocycles. The molecule has 0 radical (unpaired) electrons. The lowest BCUT2D eigenvalue weighted by Crippen LogP contribution is -2.45. The van der Waals surface area contributed by atoms with E-state index in [1.165, 1.54) is 69.5 Å². The van der Waals surface area contributed by atoms with E-state index >= 15 is 0 Å². The van der Waals surface area contributed by atoms with Gasteiger partial charge in [-0.25, -0.2) is 4.99 Å². The molecule has 6 heteroatoms. The third kappa shape index (κ3) is 7.52. The first-order chi connectivity index (χ1) is 13.3. The van der Waals surface area contributed by atoms with E-state index in [4.69, 9.17) is 4.99 Å². The molecule has 3 rings (SSSR count). The number of halogens is 1. The van der Waals surface area contributed by atoms with E-state index in [-0.39, 0.29) is 24.0 Å². The minimum atomic E-state index is 0. The highest BCUT2D eigenvalue weighted by atomic mass is 127. The number of nitrogens with one attached hydrogen (secondary N) is 2. The van der Waals surface area contributed by atoms with Crippen LogP contribution in [-0.4, -0.2) is 61.1 Å². The number of piperazine rings is 1. The van der Waals surface area contributed by atoms with E-state index in [2.05, 4.69) is 58.5 Å². The molecule has 2 aliphatic rings. The van der Waals surface area contributed by atoms with Crippen LogP contribution in [0.2, 0.25) is 0 Å². The molecule has 1 saturated carbocycles. The van der Waals surface area contributed by atoms with Gasteiger partial charge in [-0.1, -0.05) is 44.0 Å². The van der Waals surface area contributed by atoms with Crippen LogP contribution in [0.3, 0.4) is 0 Å². The minimum absolute atomic E-state index is 0. The first kappa shape index (κ1) is 23.4. The van der Waals surface area contributed by atoms with Gasteiger partial charge in [0.05, 0.1) is 6.54 Å². The van der Waals surface area contributed by atoms with Gasteiger partial charge in [-0.15, -0.1) is 24.0 Å². The fraction of sp³-hybridized carbons (Fsp3) is 0.682. The highest BCUT2D eigenvalue weighted by Crippen LogP contribution is 2.17. The van der Waals surface area contributed by atoms with Crippen LogP contribution in [0.1, 0.15) is 50.7 Å². The highest BCUT2D eigenvalue weighted by Gasteiger charge is 2.16. The quantitative estimate of drug-likeness (QED) is 0.343. The third-order valence-electron chi connectivity index (χ3n) is 5.80. The molecule has 0 bridgehead atoms. The van der Waals surface area contributed by atoms with E-state index < -0.39 is 0 Å². The summed E-state index contributed by atoms with van der Waals surface area (Å²) in [7, 11) is 0. The van der Waals surface area contributed by atoms with Crippen LogP contribution in [0, 0.1) is 0 Å². The third-order valence-corrected chi connectivity index (χ3v) is 5.80. The molecule has 2 fully saturated rings. The molecule has 0 aromatic heterocycles.